The molecule has 0 radical (unpaired) electrons. The summed E-state index contributed by atoms with van der Waals surface area (Å²) in [7, 11) is 1.73. The monoisotopic (exact) mass is 609 g/mol. The Kier molecular flexibility index (Phi) is 9.70. The molecule has 2 aromatic rings. The number of carbonyl (C=O) groups is 2. The van der Waals surface area contributed by atoms with Gasteiger partial charge in [-0.1, -0.05) is 47.7 Å². The summed E-state index contributed by atoms with van der Waals surface area (Å²) in [5.41, 5.74) is 4.81. The Balaban J connectivity index is 0.000000229. The number of quaternary nitrogens is 1. The van der Waals surface area contributed by atoms with E-state index in [-0.39, 0.29) is 47.0 Å². The first-order valence-corrected chi connectivity index (χ1v) is 15.9. The lowest BCUT2D eigenvalue weighted by molar-refractivity contribution is -0.426. The number of fused-ring (bicyclic) bond motifs is 1. The second kappa shape index (κ2) is 13.2. The molecule has 3 unspecified atom stereocenters. The van der Waals surface area contributed by atoms with Gasteiger partial charge in [-0.3, -0.25) is 4.79 Å². The molecule has 2 aliphatic heterocycles. The second-order valence-electron chi connectivity index (χ2n) is 13.5. The second-order valence-corrected chi connectivity index (χ2v) is 13.5. The van der Waals surface area contributed by atoms with Gasteiger partial charge in [-0.15, -0.1) is 0 Å². The third kappa shape index (κ3) is 6.96. The molecule has 1 spiro atoms. The minimum atomic E-state index is -1.18. The largest absolute Gasteiger partial charge is 0.871 e. The first kappa shape index (κ1) is 32.4. The molecule has 2 aliphatic carbocycles. The molecule has 240 valence electrons. The van der Waals surface area contributed by atoms with E-state index in [4.69, 9.17) is 24.1 Å². The van der Waals surface area contributed by atoms with E-state index in [1.807, 2.05) is 6.07 Å². The molecule has 4 fully saturated rings. The van der Waals surface area contributed by atoms with Crippen molar-refractivity contribution in [1.29, 1.82) is 0 Å². The van der Waals surface area contributed by atoms with Crippen molar-refractivity contribution in [2.75, 3.05) is 13.7 Å². The number of rotatable bonds is 8. The van der Waals surface area contributed by atoms with Crippen LogP contribution in [0.5, 0.6) is 5.75 Å². The number of methoxy groups -OCH3 is 1. The Morgan fingerprint density at radius 2 is 1.82 bits per heavy atom. The Labute approximate surface area is 259 Å². The van der Waals surface area contributed by atoms with Crippen molar-refractivity contribution in [1.82, 2.24) is 0 Å². The zero-order chi connectivity index (χ0) is 31.6. The van der Waals surface area contributed by atoms with E-state index >= 15 is 0 Å². The first-order valence-electron chi connectivity index (χ1n) is 15.9. The van der Waals surface area contributed by atoms with Crippen molar-refractivity contribution in [3.63, 3.8) is 0 Å². The molecule has 9 nitrogen and oxygen atoms in total. The molecule has 4 aliphatic rings. The van der Waals surface area contributed by atoms with Gasteiger partial charge in [-0.05, 0) is 88.5 Å². The van der Waals surface area contributed by atoms with Crippen LogP contribution in [-0.2, 0) is 23.7 Å². The lowest BCUT2D eigenvalue weighted by atomic mass is 9.68. The minimum Gasteiger partial charge on any atom is -0.871 e. The predicted molar refractivity (Wildman–Crippen MR) is 163 cm³/mol. The maximum Gasteiger partial charge on any atom is 0.335 e. The summed E-state index contributed by atoms with van der Waals surface area (Å²) < 4.78 is 24.2. The normalized spacial score (nSPS) is 34.0. The van der Waals surface area contributed by atoms with E-state index in [1.165, 1.54) is 11.6 Å². The number of epoxide rings is 2. The SMILES string of the molecule is COC1C(OC(=O)CC2CCC([NH3+])CC2)CC[C@]2(CO2)C1[C@@]1(C)O[C@@H]1CC=C(C)C.O=C(O)c1ccc2ccccc2c1[O-]. The predicted octanol–water partition coefficient (Wildman–Crippen LogP) is 4.41. The van der Waals surface area contributed by atoms with Crippen LogP contribution in [0.3, 0.4) is 0 Å². The molecule has 2 saturated heterocycles. The number of ether oxygens (including phenoxy) is 4. The lowest BCUT2D eigenvalue weighted by Crippen LogP contribution is -2.61. The molecule has 9 heteroatoms. The molecule has 2 aromatic carbocycles. The van der Waals surface area contributed by atoms with Crippen LogP contribution >= 0.6 is 0 Å². The minimum absolute atomic E-state index is 0.0797. The summed E-state index contributed by atoms with van der Waals surface area (Å²) in [6, 6.07) is 10.5. The number of benzene rings is 2. The van der Waals surface area contributed by atoms with Crippen LogP contribution in [0.15, 0.2) is 48.0 Å². The number of allylic oxidation sites excluding steroid dienone is 1. The summed E-state index contributed by atoms with van der Waals surface area (Å²) in [6.45, 7) is 7.16. The molecule has 6 atom stereocenters. The molecule has 0 aromatic heterocycles. The van der Waals surface area contributed by atoms with E-state index in [1.54, 1.807) is 31.4 Å². The number of aromatic carboxylic acids is 1. The van der Waals surface area contributed by atoms with Gasteiger partial charge in [-0.2, -0.15) is 0 Å². The fourth-order valence-corrected chi connectivity index (χ4v) is 7.37. The zero-order valence-electron chi connectivity index (χ0n) is 26.4. The molecular formula is C35H47NO8. The highest BCUT2D eigenvalue weighted by atomic mass is 16.6. The number of carboxylic acid groups (broad SMARTS) is 1. The number of carbonyl (C=O) groups excluding carboxylic acids is 1. The topological polar surface area (TPSA) is 149 Å². The molecule has 44 heavy (non-hydrogen) atoms. The van der Waals surface area contributed by atoms with Gasteiger partial charge in [0.25, 0.3) is 0 Å². The van der Waals surface area contributed by atoms with E-state index in [9.17, 15) is 14.7 Å². The highest BCUT2D eigenvalue weighted by Gasteiger charge is 2.72. The van der Waals surface area contributed by atoms with Crippen LogP contribution in [0.1, 0.15) is 82.5 Å². The highest BCUT2D eigenvalue weighted by molar-refractivity contribution is 5.99. The maximum absolute atomic E-state index is 12.7. The number of hydrogen-bond donors (Lipinski definition) is 2. The molecule has 2 saturated carbocycles. The van der Waals surface area contributed by atoms with Gasteiger partial charge in [0.05, 0.1) is 30.2 Å². The summed E-state index contributed by atoms with van der Waals surface area (Å²) in [5.74, 6) is -1.16. The quantitative estimate of drug-likeness (QED) is 0.254. The average molecular weight is 610 g/mol. The van der Waals surface area contributed by atoms with Gasteiger partial charge in [0, 0.05) is 13.5 Å². The molecule has 0 bridgehead atoms. The van der Waals surface area contributed by atoms with Crippen molar-refractivity contribution in [2.24, 2.45) is 11.8 Å². The molecule has 4 N–H and O–H groups in total. The van der Waals surface area contributed by atoms with Gasteiger partial charge >= 0.3 is 11.9 Å². The molecule has 2 heterocycles. The van der Waals surface area contributed by atoms with Crippen LogP contribution in [0.25, 0.3) is 10.8 Å². The standard InChI is InChI=1S/C24H39NO5.C11H8O3/c1-15(2)5-10-19-23(3,30-19)22-21(27-4)18(11-12-24(22)14-28-24)29-20(26)13-16-6-8-17(25)9-7-16;12-10-8-4-2-1-3-7(8)5-6-9(10)11(13)14/h5,16-19,21-22H,6-14,25H2,1-4H3;1-6,12H,(H,13,14)/t16?,17?,18?,19-,21?,22?,23+,24+;/m1./s1. The van der Waals surface area contributed by atoms with Crippen LogP contribution < -0.4 is 10.8 Å². The summed E-state index contributed by atoms with van der Waals surface area (Å²) in [4.78, 5) is 23.4. The smallest absolute Gasteiger partial charge is 0.335 e. The third-order valence-electron chi connectivity index (χ3n) is 10.1. The Morgan fingerprint density at radius 3 is 2.45 bits per heavy atom. The fraction of sp³-hybridized carbons (Fsp3) is 0.600. The van der Waals surface area contributed by atoms with Crippen LogP contribution in [-0.4, -0.2) is 66.3 Å². The van der Waals surface area contributed by atoms with E-state index in [0.717, 1.165) is 56.9 Å². The van der Waals surface area contributed by atoms with Crippen LogP contribution in [0.4, 0.5) is 0 Å². The number of hydrogen-bond acceptors (Lipinski definition) is 7. The van der Waals surface area contributed by atoms with Gasteiger partial charge in [0.2, 0.25) is 0 Å². The fourth-order valence-electron chi connectivity index (χ4n) is 7.37. The van der Waals surface area contributed by atoms with Crippen LogP contribution in [0.2, 0.25) is 0 Å². The first-order chi connectivity index (χ1) is 21.0. The maximum atomic E-state index is 12.7. The average Bonchev–Trinajstić information content (AvgIpc) is 3.91. The van der Waals surface area contributed by atoms with Crippen molar-refractivity contribution >= 4 is 22.7 Å². The van der Waals surface area contributed by atoms with Gasteiger partial charge in [-0.25, -0.2) is 4.79 Å². The van der Waals surface area contributed by atoms with Crippen LogP contribution in [0, 0.1) is 11.8 Å². The molecular weight excluding hydrogens is 562 g/mol. The third-order valence-corrected chi connectivity index (χ3v) is 10.1. The molecule has 6 rings (SSSR count). The van der Waals surface area contributed by atoms with Crippen molar-refractivity contribution < 1.29 is 44.5 Å². The summed E-state index contributed by atoms with van der Waals surface area (Å²) in [6.07, 6.45) is 9.50. The number of esters is 1. The van der Waals surface area contributed by atoms with Crippen molar-refractivity contribution in [3.05, 3.63) is 53.6 Å². The molecule has 0 amide bonds. The Hall–Kier alpha value is -2.98. The summed E-state index contributed by atoms with van der Waals surface area (Å²) in [5, 5.41) is 21.5. The van der Waals surface area contributed by atoms with Gasteiger partial charge < -0.3 is 34.9 Å². The van der Waals surface area contributed by atoms with Crippen molar-refractivity contribution in [3.8, 4) is 5.75 Å². The van der Waals surface area contributed by atoms with E-state index < -0.39 is 11.7 Å². The number of carboxylic acids is 1. The van der Waals surface area contributed by atoms with Gasteiger partial charge in [0.1, 0.15) is 23.4 Å². The Bertz CT molecular complexity index is 1370. The highest BCUT2D eigenvalue weighted by Crippen LogP contribution is 2.59. The van der Waals surface area contributed by atoms with Gasteiger partial charge in [0.15, 0.2) is 0 Å². The summed E-state index contributed by atoms with van der Waals surface area (Å²) >= 11 is 0. The van der Waals surface area contributed by atoms with Crippen molar-refractivity contribution in [2.45, 2.75) is 108 Å². The Morgan fingerprint density at radius 1 is 1.11 bits per heavy atom. The van der Waals surface area contributed by atoms with E-state index in [2.05, 4.69) is 32.6 Å². The lowest BCUT2D eigenvalue weighted by Gasteiger charge is -2.42. The zero-order valence-corrected chi connectivity index (χ0v) is 26.4. The van der Waals surface area contributed by atoms with E-state index in [0.29, 0.717) is 23.8 Å².